The van der Waals surface area contributed by atoms with E-state index in [-0.39, 0.29) is 11.5 Å². The third-order valence-corrected chi connectivity index (χ3v) is 4.90. The van der Waals surface area contributed by atoms with Gasteiger partial charge in [0, 0.05) is 17.0 Å². The number of carbonyl (C=O) groups is 1. The van der Waals surface area contributed by atoms with E-state index in [4.69, 9.17) is 4.74 Å². The lowest BCUT2D eigenvalue weighted by atomic mass is 10.2. The zero-order chi connectivity index (χ0) is 20.5. The summed E-state index contributed by atoms with van der Waals surface area (Å²) in [7, 11) is 0. The molecule has 0 aliphatic heterocycles. The van der Waals surface area contributed by atoms with E-state index < -0.39 is 5.97 Å². The van der Waals surface area contributed by atoms with Crippen LogP contribution in [0, 0.1) is 5.82 Å². The molecule has 30 heavy (non-hydrogen) atoms. The van der Waals surface area contributed by atoms with E-state index in [0.717, 1.165) is 16.5 Å². The molecule has 0 amide bonds. The van der Waals surface area contributed by atoms with Crippen LogP contribution in [0.3, 0.4) is 0 Å². The molecule has 5 nitrogen and oxygen atoms in total. The van der Waals surface area contributed by atoms with E-state index in [1.54, 1.807) is 29.1 Å². The van der Waals surface area contributed by atoms with E-state index in [0.29, 0.717) is 23.2 Å². The second kappa shape index (κ2) is 7.40. The molecule has 0 atom stereocenters. The van der Waals surface area contributed by atoms with E-state index in [9.17, 15) is 9.18 Å². The van der Waals surface area contributed by atoms with Gasteiger partial charge >= 0.3 is 5.97 Å². The SMILES string of the molecule is O=C(Oc1cccc2cccnc12)c1nn(Cc2ccc(F)cc2)c2ccccc12. The molecule has 5 aromatic rings. The van der Waals surface area contributed by atoms with Gasteiger partial charge < -0.3 is 4.74 Å². The van der Waals surface area contributed by atoms with Gasteiger partial charge in [-0.1, -0.05) is 48.5 Å². The Labute approximate surface area is 171 Å². The zero-order valence-electron chi connectivity index (χ0n) is 15.8. The van der Waals surface area contributed by atoms with Crippen LogP contribution in [0.5, 0.6) is 5.75 Å². The van der Waals surface area contributed by atoms with Crippen LogP contribution in [-0.2, 0) is 6.54 Å². The minimum Gasteiger partial charge on any atom is -0.419 e. The first-order valence-electron chi connectivity index (χ1n) is 9.45. The number of benzene rings is 3. The summed E-state index contributed by atoms with van der Waals surface area (Å²) in [4.78, 5) is 17.3. The Hall–Kier alpha value is -4.06. The van der Waals surface area contributed by atoms with Crippen molar-refractivity contribution in [2.24, 2.45) is 0 Å². The number of carbonyl (C=O) groups excluding carboxylic acids is 1. The molecular weight excluding hydrogens is 381 g/mol. The number of esters is 1. The highest BCUT2D eigenvalue weighted by molar-refractivity contribution is 6.03. The fourth-order valence-corrected chi connectivity index (χ4v) is 3.47. The number of ether oxygens (including phenoxy) is 1. The molecule has 0 aliphatic carbocycles. The van der Waals surface area contributed by atoms with E-state index in [1.165, 1.54) is 12.1 Å². The van der Waals surface area contributed by atoms with Gasteiger partial charge in [0.15, 0.2) is 11.4 Å². The van der Waals surface area contributed by atoms with Gasteiger partial charge in [0.05, 0.1) is 12.1 Å². The number of aromatic nitrogens is 3. The maximum atomic E-state index is 13.2. The molecule has 146 valence electrons. The lowest BCUT2D eigenvalue weighted by Gasteiger charge is -2.06. The number of nitrogens with zero attached hydrogens (tertiary/aromatic N) is 3. The number of para-hydroxylation sites is 2. The first-order chi connectivity index (χ1) is 14.7. The Bertz CT molecular complexity index is 1370. The molecular formula is C24H16FN3O2. The highest BCUT2D eigenvalue weighted by Gasteiger charge is 2.20. The summed E-state index contributed by atoms with van der Waals surface area (Å²) in [5, 5.41) is 6.09. The molecule has 0 fully saturated rings. The minimum absolute atomic E-state index is 0.223. The zero-order valence-corrected chi connectivity index (χ0v) is 15.8. The molecule has 0 spiro atoms. The average molecular weight is 397 g/mol. The number of halogens is 1. The first-order valence-corrected chi connectivity index (χ1v) is 9.45. The maximum Gasteiger partial charge on any atom is 0.364 e. The Morgan fingerprint density at radius 3 is 2.60 bits per heavy atom. The van der Waals surface area contributed by atoms with Crippen molar-refractivity contribution < 1.29 is 13.9 Å². The van der Waals surface area contributed by atoms with Gasteiger partial charge in [-0.25, -0.2) is 9.18 Å². The number of fused-ring (bicyclic) bond motifs is 2. The van der Waals surface area contributed by atoms with Gasteiger partial charge in [-0.2, -0.15) is 5.10 Å². The smallest absolute Gasteiger partial charge is 0.364 e. The molecule has 0 bridgehead atoms. The summed E-state index contributed by atoms with van der Waals surface area (Å²) in [6, 6.07) is 22.9. The molecule has 2 heterocycles. The van der Waals surface area contributed by atoms with E-state index in [2.05, 4.69) is 10.1 Å². The molecule has 3 aromatic carbocycles. The van der Waals surface area contributed by atoms with Gasteiger partial charge in [-0.3, -0.25) is 9.67 Å². The average Bonchev–Trinajstić information content (AvgIpc) is 3.14. The van der Waals surface area contributed by atoms with Crippen molar-refractivity contribution in [3.8, 4) is 5.75 Å². The molecule has 2 aromatic heterocycles. The molecule has 0 aliphatic rings. The Balaban J connectivity index is 1.52. The van der Waals surface area contributed by atoms with Crippen LogP contribution >= 0.6 is 0 Å². The summed E-state index contributed by atoms with van der Waals surface area (Å²) in [6.07, 6.45) is 1.66. The van der Waals surface area contributed by atoms with E-state index in [1.807, 2.05) is 48.5 Å². The molecule has 6 heteroatoms. The number of rotatable bonds is 4. The lowest BCUT2D eigenvalue weighted by molar-refractivity contribution is 0.0731. The lowest BCUT2D eigenvalue weighted by Crippen LogP contribution is -2.11. The van der Waals surface area contributed by atoms with Crippen LogP contribution in [0.25, 0.3) is 21.8 Å². The van der Waals surface area contributed by atoms with Crippen molar-refractivity contribution in [2.45, 2.75) is 6.54 Å². The number of hydrogen-bond donors (Lipinski definition) is 0. The molecule has 0 unspecified atom stereocenters. The van der Waals surface area contributed by atoms with Crippen LogP contribution < -0.4 is 4.74 Å². The molecule has 0 radical (unpaired) electrons. The highest BCUT2D eigenvalue weighted by atomic mass is 19.1. The maximum absolute atomic E-state index is 13.2. The van der Waals surface area contributed by atoms with Crippen molar-refractivity contribution >= 4 is 27.8 Å². The number of hydrogen-bond acceptors (Lipinski definition) is 4. The van der Waals surface area contributed by atoms with Crippen molar-refractivity contribution in [1.29, 1.82) is 0 Å². The van der Waals surface area contributed by atoms with Crippen LogP contribution in [0.1, 0.15) is 16.1 Å². The predicted octanol–water partition coefficient (Wildman–Crippen LogP) is 4.99. The third kappa shape index (κ3) is 3.28. The van der Waals surface area contributed by atoms with Gasteiger partial charge in [0.1, 0.15) is 11.3 Å². The quantitative estimate of drug-likeness (QED) is 0.317. The monoisotopic (exact) mass is 397 g/mol. The summed E-state index contributed by atoms with van der Waals surface area (Å²) in [5.74, 6) is -0.463. The Kier molecular flexibility index (Phi) is 4.44. The van der Waals surface area contributed by atoms with Crippen molar-refractivity contribution in [3.63, 3.8) is 0 Å². The molecule has 5 rings (SSSR count). The fraction of sp³-hybridized carbons (Fsp3) is 0.0417. The number of pyridine rings is 1. The van der Waals surface area contributed by atoms with Crippen molar-refractivity contribution in [1.82, 2.24) is 14.8 Å². The summed E-state index contributed by atoms with van der Waals surface area (Å²) < 4.78 is 20.6. The molecule has 0 saturated heterocycles. The summed E-state index contributed by atoms with van der Waals surface area (Å²) in [5.41, 5.74) is 2.51. The first kappa shape index (κ1) is 18.0. The van der Waals surface area contributed by atoms with Crippen molar-refractivity contribution in [2.75, 3.05) is 0 Å². The van der Waals surface area contributed by atoms with Crippen LogP contribution in [0.15, 0.2) is 85.1 Å². The second-order valence-corrected chi connectivity index (χ2v) is 6.87. The van der Waals surface area contributed by atoms with Gasteiger partial charge in [-0.15, -0.1) is 0 Å². The largest absolute Gasteiger partial charge is 0.419 e. The Morgan fingerprint density at radius 2 is 1.73 bits per heavy atom. The minimum atomic E-state index is -0.554. The highest BCUT2D eigenvalue weighted by Crippen LogP contribution is 2.26. The molecule has 0 N–H and O–H groups in total. The van der Waals surface area contributed by atoms with Crippen LogP contribution in [0.4, 0.5) is 4.39 Å². The van der Waals surface area contributed by atoms with Gasteiger partial charge in [0.25, 0.3) is 0 Å². The molecule has 0 saturated carbocycles. The van der Waals surface area contributed by atoms with Crippen LogP contribution in [-0.4, -0.2) is 20.7 Å². The fourth-order valence-electron chi connectivity index (χ4n) is 3.47. The van der Waals surface area contributed by atoms with Gasteiger partial charge in [-0.05, 0) is 35.9 Å². The second-order valence-electron chi connectivity index (χ2n) is 6.87. The standard InChI is InChI=1S/C24H16FN3O2/c25-18-12-10-16(11-13-18)15-28-20-8-2-1-7-19(20)23(27-28)24(29)30-21-9-3-5-17-6-4-14-26-22(17)21/h1-14H,15H2. The predicted molar refractivity (Wildman–Crippen MR) is 112 cm³/mol. The summed E-state index contributed by atoms with van der Waals surface area (Å²) in [6.45, 7) is 0.407. The third-order valence-electron chi connectivity index (χ3n) is 4.90. The topological polar surface area (TPSA) is 57.0 Å². The van der Waals surface area contributed by atoms with E-state index >= 15 is 0 Å². The normalized spacial score (nSPS) is 11.1. The summed E-state index contributed by atoms with van der Waals surface area (Å²) >= 11 is 0. The Morgan fingerprint density at radius 1 is 0.933 bits per heavy atom. The van der Waals surface area contributed by atoms with Crippen LogP contribution in [0.2, 0.25) is 0 Å². The van der Waals surface area contributed by atoms with Crippen molar-refractivity contribution in [3.05, 3.63) is 102 Å². The van der Waals surface area contributed by atoms with Gasteiger partial charge in [0.2, 0.25) is 0 Å².